The lowest BCUT2D eigenvalue weighted by Crippen LogP contribution is -2.19. The molecule has 0 bridgehead atoms. The van der Waals surface area contributed by atoms with Crippen molar-refractivity contribution in [3.8, 4) is 0 Å². The molecule has 1 heterocycles. The molecule has 0 aromatic carbocycles. The SMILES string of the molecule is Cc1nnc(NCCSC(F)(F)F)c(C(N)=S)c1C. The lowest BCUT2D eigenvalue weighted by atomic mass is 10.1. The van der Waals surface area contributed by atoms with E-state index >= 15 is 0 Å². The second-order valence-corrected chi connectivity index (χ2v) is 5.32. The molecule has 1 aromatic rings. The van der Waals surface area contributed by atoms with E-state index in [-0.39, 0.29) is 29.0 Å². The summed E-state index contributed by atoms with van der Waals surface area (Å²) in [6.45, 7) is 3.64. The summed E-state index contributed by atoms with van der Waals surface area (Å²) in [5.41, 5.74) is 3.34. The summed E-state index contributed by atoms with van der Waals surface area (Å²) in [5, 5.41) is 10.5. The van der Waals surface area contributed by atoms with Gasteiger partial charge in [-0.1, -0.05) is 12.2 Å². The molecule has 0 aliphatic heterocycles. The number of nitrogens with two attached hydrogens (primary N) is 1. The normalized spacial score (nSPS) is 11.4. The van der Waals surface area contributed by atoms with Crippen molar-refractivity contribution in [3.63, 3.8) is 0 Å². The van der Waals surface area contributed by atoms with Gasteiger partial charge >= 0.3 is 5.51 Å². The zero-order valence-corrected chi connectivity index (χ0v) is 12.0. The third kappa shape index (κ3) is 4.83. The lowest BCUT2D eigenvalue weighted by molar-refractivity contribution is -0.0327. The Hall–Kier alpha value is -1.09. The number of halogens is 3. The molecule has 0 fully saturated rings. The summed E-state index contributed by atoms with van der Waals surface area (Å²) in [6.07, 6.45) is 0. The standard InChI is InChI=1S/C10H13F3N4S2/c1-5-6(2)16-17-9(7(5)8(14)18)15-3-4-19-10(11,12)13/h3-4H2,1-2H3,(H2,14,18)(H,15,17). The fourth-order valence-corrected chi connectivity index (χ4v) is 2.06. The van der Waals surface area contributed by atoms with E-state index in [9.17, 15) is 13.2 Å². The summed E-state index contributed by atoms with van der Waals surface area (Å²) in [7, 11) is 0. The fraction of sp³-hybridized carbons (Fsp3) is 0.500. The summed E-state index contributed by atoms with van der Waals surface area (Å²) in [4.78, 5) is 0.140. The van der Waals surface area contributed by atoms with Crippen molar-refractivity contribution < 1.29 is 13.2 Å². The molecule has 0 atom stereocenters. The molecule has 0 saturated carbocycles. The Bertz CT molecular complexity index is 477. The molecule has 0 aliphatic rings. The zero-order chi connectivity index (χ0) is 14.6. The van der Waals surface area contributed by atoms with E-state index < -0.39 is 5.51 Å². The van der Waals surface area contributed by atoms with Gasteiger partial charge in [-0.3, -0.25) is 0 Å². The third-order valence-corrected chi connectivity index (χ3v) is 3.30. The van der Waals surface area contributed by atoms with Crippen LogP contribution in [0.25, 0.3) is 0 Å². The number of alkyl halides is 3. The van der Waals surface area contributed by atoms with Gasteiger partial charge in [-0.05, 0) is 31.2 Å². The summed E-state index contributed by atoms with van der Waals surface area (Å²) in [6, 6.07) is 0. The molecule has 1 rings (SSSR count). The Morgan fingerprint density at radius 2 is 2.00 bits per heavy atom. The number of aromatic nitrogens is 2. The third-order valence-electron chi connectivity index (χ3n) is 2.36. The molecular formula is C10H13F3N4S2. The first-order valence-electron chi connectivity index (χ1n) is 5.30. The van der Waals surface area contributed by atoms with Crippen LogP contribution in [0.1, 0.15) is 16.8 Å². The number of hydrogen-bond acceptors (Lipinski definition) is 5. The minimum absolute atomic E-state index is 0.0942. The first-order valence-corrected chi connectivity index (χ1v) is 6.70. The highest BCUT2D eigenvalue weighted by molar-refractivity contribution is 8.00. The lowest BCUT2D eigenvalue weighted by Gasteiger charge is -2.13. The van der Waals surface area contributed by atoms with Crippen molar-refractivity contribution in [1.29, 1.82) is 0 Å². The number of thioether (sulfide) groups is 1. The minimum Gasteiger partial charge on any atom is -0.389 e. The van der Waals surface area contributed by atoms with Crippen molar-refractivity contribution in [3.05, 3.63) is 16.8 Å². The number of hydrogen-bond donors (Lipinski definition) is 2. The van der Waals surface area contributed by atoms with E-state index in [2.05, 4.69) is 15.5 Å². The number of thiocarbonyl (C=S) groups is 1. The molecule has 106 valence electrons. The van der Waals surface area contributed by atoms with Gasteiger partial charge in [0.15, 0.2) is 5.82 Å². The van der Waals surface area contributed by atoms with Crippen molar-refractivity contribution in [1.82, 2.24) is 10.2 Å². The highest BCUT2D eigenvalue weighted by Crippen LogP contribution is 2.29. The van der Waals surface area contributed by atoms with E-state index in [0.717, 1.165) is 5.56 Å². The van der Waals surface area contributed by atoms with E-state index in [4.69, 9.17) is 18.0 Å². The van der Waals surface area contributed by atoms with Crippen molar-refractivity contribution in [2.75, 3.05) is 17.6 Å². The maximum Gasteiger partial charge on any atom is 0.441 e. The van der Waals surface area contributed by atoms with Crippen LogP contribution >= 0.6 is 24.0 Å². The van der Waals surface area contributed by atoms with Gasteiger partial charge in [0, 0.05) is 12.3 Å². The van der Waals surface area contributed by atoms with Gasteiger partial charge < -0.3 is 11.1 Å². The molecule has 0 unspecified atom stereocenters. The van der Waals surface area contributed by atoms with Gasteiger partial charge in [0.1, 0.15) is 4.99 Å². The predicted molar refractivity (Wildman–Crippen MR) is 74.4 cm³/mol. The Morgan fingerprint density at radius 3 is 2.53 bits per heavy atom. The average Bonchev–Trinajstić information content (AvgIpc) is 2.27. The number of nitrogens with zero attached hydrogens (tertiary/aromatic N) is 2. The van der Waals surface area contributed by atoms with Gasteiger partial charge in [-0.25, -0.2) is 0 Å². The summed E-state index contributed by atoms with van der Waals surface area (Å²) in [5.74, 6) is 0.188. The first kappa shape index (κ1) is 16.0. The second-order valence-electron chi connectivity index (χ2n) is 3.72. The molecule has 0 radical (unpaired) electrons. The molecule has 19 heavy (non-hydrogen) atoms. The number of anilines is 1. The van der Waals surface area contributed by atoms with E-state index in [0.29, 0.717) is 17.1 Å². The maximum atomic E-state index is 12.0. The quantitative estimate of drug-likeness (QED) is 0.643. The van der Waals surface area contributed by atoms with E-state index in [1.807, 2.05) is 0 Å². The van der Waals surface area contributed by atoms with Crippen LogP contribution in [-0.4, -0.2) is 33.0 Å². The smallest absolute Gasteiger partial charge is 0.389 e. The highest BCUT2D eigenvalue weighted by atomic mass is 32.2. The Kier molecular flexibility index (Phi) is 5.36. The Labute approximate surface area is 118 Å². The van der Waals surface area contributed by atoms with Crippen molar-refractivity contribution in [2.24, 2.45) is 5.73 Å². The second kappa shape index (κ2) is 6.38. The number of nitrogens with one attached hydrogen (secondary N) is 1. The van der Waals surface area contributed by atoms with Crippen molar-refractivity contribution in [2.45, 2.75) is 19.4 Å². The minimum atomic E-state index is -4.23. The van der Waals surface area contributed by atoms with Crippen molar-refractivity contribution >= 4 is 34.8 Å². The van der Waals surface area contributed by atoms with Gasteiger partial charge in [-0.15, -0.1) is 5.10 Å². The van der Waals surface area contributed by atoms with Crippen LogP contribution in [0.3, 0.4) is 0 Å². The van der Waals surface area contributed by atoms with Crippen LogP contribution in [0, 0.1) is 13.8 Å². The molecule has 0 aliphatic carbocycles. The van der Waals surface area contributed by atoms with Crippen LogP contribution in [0.15, 0.2) is 0 Å². The first-order chi connectivity index (χ1) is 8.72. The highest BCUT2D eigenvalue weighted by Gasteiger charge is 2.27. The summed E-state index contributed by atoms with van der Waals surface area (Å²) >= 11 is 4.82. The van der Waals surface area contributed by atoms with Gasteiger partial charge in [0.25, 0.3) is 0 Å². The number of rotatable bonds is 5. The van der Waals surface area contributed by atoms with Gasteiger partial charge in [-0.2, -0.15) is 18.3 Å². The largest absolute Gasteiger partial charge is 0.441 e. The maximum absolute atomic E-state index is 12.0. The topological polar surface area (TPSA) is 63.8 Å². The van der Waals surface area contributed by atoms with Crippen LogP contribution in [-0.2, 0) is 0 Å². The van der Waals surface area contributed by atoms with Crippen LogP contribution in [0.4, 0.5) is 19.0 Å². The zero-order valence-electron chi connectivity index (χ0n) is 10.3. The molecule has 9 heteroatoms. The van der Waals surface area contributed by atoms with Crippen LogP contribution in [0.2, 0.25) is 0 Å². The molecule has 0 spiro atoms. The van der Waals surface area contributed by atoms with Gasteiger partial charge in [0.05, 0.1) is 11.3 Å². The van der Waals surface area contributed by atoms with E-state index in [1.54, 1.807) is 13.8 Å². The molecular weight excluding hydrogens is 297 g/mol. The Balaban J connectivity index is 2.74. The fourth-order valence-electron chi connectivity index (χ4n) is 1.37. The van der Waals surface area contributed by atoms with Gasteiger partial charge in [0.2, 0.25) is 0 Å². The molecule has 1 aromatic heterocycles. The molecule has 3 N–H and O–H groups in total. The summed E-state index contributed by atoms with van der Waals surface area (Å²) < 4.78 is 35.9. The monoisotopic (exact) mass is 310 g/mol. The predicted octanol–water partition coefficient (Wildman–Crippen LogP) is 2.39. The number of aryl methyl sites for hydroxylation is 1. The molecule has 0 amide bonds. The molecule has 0 saturated heterocycles. The van der Waals surface area contributed by atoms with Crippen LogP contribution in [0.5, 0.6) is 0 Å². The molecule has 4 nitrogen and oxygen atoms in total. The average molecular weight is 310 g/mol. The Morgan fingerprint density at radius 1 is 1.37 bits per heavy atom. The van der Waals surface area contributed by atoms with Crippen LogP contribution < -0.4 is 11.1 Å². The van der Waals surface area contributed by atoms with E-state index in [1.165, 1.54) is 0 Å².